The fraction of sp³-hybridized carbons (Fsp3) is 0.389. The molecule has 9 nitrogen and oxygen atoms in total. The Morgan fingerprint density at radius 2 is 1.68 bits per heavy atom. The van der Waals surface area contributed by atoms with Crippen LogP contribution in [-0.4, -0.2) is 61.5 Å². The average molecular weight is 409 g/mol. The van der Waals surface area contributed by atoms with Crippen LogP contribution in [0.15, 0.2) is 41.3 Å². The van der Waals surface area contributed by atoms with Crippen molar-refractivity contribution in [2.45, 2.75) is 23.5 Å². The highest BCUT2D eigenvalue weighted by Gasteiger charge is 2.67. The summed E-state index contributed by atoms with van der Waals surface area (Å²) in [4.78, 5) is 37.4. The number of hydrogen-bond acceptors (Lipinski definition) is 8. The molecule has 10 heteroatoms. The molecule has 1 saturated heterocycles. The van der Waals surface area contributed by atoms with E-state index in [1.807, 2.05) is 0 Å². The molecule has 2 bridgehead atoms. The highest BCUT2D eigenvalue weighted by Crippen LogP contribution is 2.46. The molecule has 0 spiro atoms. The molecule has 1 amide bonds. The maximum atomic E-state index is 13.1. The topological polar surface area (TPSA) is 127 Å². The number of rotatable bonds is 4. The van der Waals surface area contributed by atoms with Gasteiger partial charge in [-0.05, 0) is 25.1 Å². The van der Waals surface area contributed by atoms with E-state index in [2.05, 4.69) is 4.74 Å². The number of aliphatic hydroxyl groups is 1. The van der Waals surface area contributed by atoms with Crippen LogP contribution in [-0.2, 0) is 33.9 Å². The summed E-state index contributed by atoms with van der Waals surface area (Å²) < 4.78 is 36.1. The third-order valence-electron chi connectivity index (χ3n) is 5.07. The van der Waals surface area contributed by atoms with Gasteiger partial charge >= 0.3 is 11.9 Å². The normalized spacial score (nSPS) is 28.9. The zero-order chi connectivity index (χ0) is 20.9. The molecule has 1 fully saturated rings. The fourth-order valence-corrected chi connectivity index (χ4v) is 5.23. The van der Waals surface area contributed by atoms with Crippen molar-refractivity contribution in [2.75, 3.05) is 14.2 Å². The second-order valence-electron chi connectivity index (χ2n) is 6.64. The van der Waals surface area contributed by atoms with Crippen LogP contribution in [0.25, 0.3) is 0 Å². The zero-order valence-electron chi connectivity index (χ0n) is 15.4. The molecule has 2 aliphatic heterocycles. The molecule has 150 valence electrons. The first-order chi connectivity index (χ1) is 13.1. The van der Waals surface area contributed by atoms with Gasteiger partial charge in [-0.1, -0.05) is 23.8 Å². The van der Waals surface area contributed by atoms with E-state index in [1.54, 1.807) is 19.1 Å². The summed E-state index contributed by atoms with van der Waals surface area (Å²) in [5.41, 5.74) is -1.75. The number of methoxy groups -OCH3 is 2. The van der Waals surface area contributed by atoms with Crippen molar-refractivity contribution in [1.29, 1.82) is 0 Å². The summed E-state index contributed by atoms with van der Waals surface area (Å²) in [6, 6.07) is 4.40. The van der Waals surface area contributed by atoms with Gasteiger partial charge in [0.2, 0.25) is 0 Å². The highest BCUT2D eigenvalue weighted by molar-refractivity contribution is 7.89. The van der Waals surface area contributed by atoms with E-state index >= 15 is 0 Å². The summed E-state index contributed by atoms with van der Waals surface area (Å²) in [5.74, 6) is -6.27. The van der Waals surface area contributed by atoms with E-state index in [0.29, 0.717) is 4.31 Å². The minimum absolute atomic E-state index is 0.186. The lowest BCUT2D eigenvalue weighted by Crippen LogP contribution is -2.71. The largest absolute Gasteiger partial charge is 0.469 e. The molecule has 1 aliphatic carbocycles. The molecular formula is C18H19NO8S. The van der Waals surface area contributed by atoms with Crippen molar-refractivity contribution in [2.24, 2.45) is 11.8 Å². The predicted octanol–water partition coefficient (Wildman–Crippen LogP) is -0.226. The van der Waals surface area contributed by atoms with Crippen molar-refractivity contribution in [3.05, 3.63) is 42.0 Å². The van der Waals surface area contributed by atoms with Crippen LogP contribution in [0.3, 0.4) is 0 Å². The number of amides is 1. The summed E-state index contributed by atoms with van der Waals surface area (Å²) in [6.45, 7) is 1.77. The van der Waals surface area contributed by atoms with Crippen molar-refractivity contribution < 1.29 is 37.4 Å². The molecule has 1 aromatic rings. The van der Waals surface area contributed by atoms with Crippen LogP contribution in [0.2, 0.25) is 0 Å². The van der Waals surface area contributed by atoms with Gasteiger partial charge in [0, 0.05) is 0 Å². The number of fused-ring (bicyclic) bond motifs is 2. The number of piperidine rings is 1. The summed E-state index contributed by atoms with van der Waals surface area (Å²) >= 11 is 0. The number of carbonyl (C=O) groups is 3. The Morgan fingerprint density at radius 3 is 2.21 bits per heavy atom. The first-order valence-electron chi connectivity index (χ1n) is 8.32. The molecule has 28 heavy (non-hydrogen) atoms. The van der Waals surface area contributed by atoms with E-state index in [1.165, 1.54) is 18.2 Å². The number of benzene rings is 1. The van der Waals surface area contributed by atoms with Crippen LogP contribution in [0.4, 0.5) is 0 Å². The molecule has 4 atom stereocenters. The zero-order valence-corrected chi connectivity index (χ0v) is 16.2. The second-order valence-corrected chi connectivity index (χ2v) is 8.46. The van der Waals surface area contributed by atoms with Gasteiger partial charge in [0.05, 0.1) is 31.1 Å². The number of hydrogen-bond donors (Lipinski definition) is 1. The van der Waals surface area contributed by atoms with E-state index in [9.17, 15) is 27.9 Å². The Morgan fingerprint density at radius 1 is 1.11 bits per heavy atom. The van der Waals surface area contributed by atoms with Crippen molar-refractivity contribution in [3.8, 4) is 0 Å². The van der Waals surface area contributed by atoms with Gasteiger partial charge < -0.3 is 14.6 Å². The van der Waals surface area contributed by atoms with Gasteiger partial charge in [-0.15, -0.1) is 0 Å². The van der Waals surface area contributed by atoms with E-state index in [-0.39, 0.29) is 4.90 Å². The number of ether oxygens (including phenoxy) is 2. The Labute approximate surface area is 161 Å². The van der Waals surface area contributed by atoms with Gasteiger partial charge in [-0.2, -0.15) is 0 Å². The number of esters is 2. The summed E-state index contributed by atoms with van der Waals surface area (Å²) in [6.07, 6.45) is 2.25. The molecule has 0 aromatic heterocycles. The fourth-order valence-electron chi connectivity index (χ4n) is 3.64. The molecule has 3 aliphatic rings. The van der Waals surface area contributed by atoms with Crippen LogP contribution in [0, 0.1) is 18.8 Å². The number of aryl methyl sites for hydroxylation is 1. The lowest BCUT2D eigenvalue weighted by molar-refractivity contribution is -0.185. The molecule has 4 rings (SSSR count). The molecular weight excluding hydrogens is 390 g/mol. The minimum Gasteiger partial charge on any atom is -0.469 e. The molecule has 1 N–H and O–H groups in total. The monoisotopic (exact) mass is 409 g/mol. The number of nitrogens with zero attached hydrogens (tertiary/aromatic N) is 1. The van der Waals surface area contributed by atoms with Gasteiger partial charge in [0.25, 0.3) is 15.9 Å². The summed E-state index contributed by atoms with van der Waals surface area (Å²) in [7, 11) is -2.31. The second kappa shape index (κ2) is 6.71. The molecule has 1 aromatic carbocycles. The van der Waals surface area contributed by atoms with Crippen LogP contribution >= 0.6 is 0 Å². The maximum absolute atomic E-state index is 13.1. The highest BCUT2D eigenvalue weighted by atomic mass is 32.2. The first kappa shape index (κ1) is 20.0. The Balaban J connectivity index is 2.17. The SMILES string of the molecule is COC(=O)[C@@H]1[C@H]2C=C[C@](O)(C(=O)N2S(=O)(=O)c2ccc(C)cc2)[C@H]1C(=O)OC. The van der Waals surface area contributed by atoms with Gasteiger partial charge in [-0.25, -0.2) is 12.7 Å². The standard InChI is InChI=1S/C18H19NO8S/c1-10-4-6-11(7-5-10)28(24,25)19-12-8-9-18(23,17(19)22)14(16(21)27-3)13(12)15(20)26-2/h4-9,12-14,23H,1-3H3/t12-,13-,14-,18-/m1/s1. The lowest BCUT2D eigenvalue weighted by atomic mass is 9.66. The number of carbonyl (C=O) groups excluding carboxylic acids is 3. The van der Waals surface area contributed by atoms with E-state index < -0.39 is 51.3 Å². The average Bonchev–Trinajstić information content (AvgIpc) is 2.67. The third kappa shape index (κ3) is 2.71. The van der Waals surface area contributed by atoms with E-state index in [4.69, 9.17) is 4.74 Å². The van der Waals surface area contributed by atoms with Gasteiger partial charge in [-0.3, -0.25) is 14.4 Å². The molecule has 0 saturated carbocycles. The van der Waals surface area contributed by atoms with Crippen molar-refractivity contribution in [3.63, 3.8) is 0 Å². The summed E-state index contributed by atoms with van der Waals surface area (Å²) in [5, 5.41) is 10.9. The maximum Gasteiger partial charge on any atom is 0.313 e. The first-order valence-corrected chi connectivity index (χ1v) is 9.76. The van der Waals surface area contributed by atoms with Gasteiger partial charge in [0.15, 0.2) is 5.60 Å². The van der Waals surface area contributed by atoms with Crippen LogP contribution in [0.5, 0.6) is 0 Å². The van der Waals surface area contributed by atoms with Crippen molar-refractivity contribution in [1.82, 2.24) is 4.31 Å². The van der Waals surface area contributed by atoms with Crippen LogP contribution in [0.1, 0.15) is 5.56 Å². The Kier molecular flexibility index (Phi) is 4.80. The minimum atomic E-state index is -4.41. The lowest BCUT2D eigenvalue weighted by Gasteiger charge is -2.50. The Hall–Kier alpha value is -2.72. The van der Waals surface area contributed by atoms with Crippen molar-refractivity contribution >= 4 is 27.9 Å². The van der Waals surface area contributed by atoms with E-state index in [0.717, 1.165) is 25.9 Å². The van der Waals surface area contributed by atoms with Crippen LogP contribution < -0.4 is 0 Å². The molecule has 2 heterocycles. The molecule has 0 radical (unpaired) electrons. The predicted molar refractivity (Wildman–Crippen MR) is 94.1 cm³/mol. The quantitative estimate of drug-likeness (QED) is 0.534. The molecule has 0 unspecified atom stereocenters. The van der Waals surface area contributed by atoms with Gasteiger partial charge in [0.1, 0.15) is 5.92 Å². The third-order valence-corrected chi connectivity index (χ3v) is 6.86. The number of sulfonamides is 1. The smallest absolute Gasteiger partial charge is 0.313 e. The Bertz CT molecular complexity index is 968.